The summed E-state index contributed by atoms with van der Waals surface area (Å²) in [5.41, 5.74) is 3.00. The largest absolute Gasteiger partial charge is 0.508 e. The average molecular weight is 482 g/mol. The van der Waals surface area contributed by atoms with E-state index >= 15 is 0 Å². The van der Waals surface area contributed by atoms with E-state index in [4.69, 9.17) is 10.2 Å². The van der Waals surface area contributed by atoms with E-state index in [-0.39, 0.29) is 39.3 Å². The number of aromatic hydroxyl groups is 1. The van der Waals surface area contributed by atoms with Crippen LogP contribution in [0.2, 0.25) is 0 Å². The standard InChI is InChI=1S/C11H18OS.C11H16O.C2H6.Y/c1-9-8-11(2,3)5-4-10(9)13-7-6-12;1-3-9(4-2)10-5-7-11(12)8-6-10;1-2;/h4,8,12H,5-7H2,1-3H3;5-9,12H,3-4H2,1-2H3;1-2H3;. The number of thioether (sulfide) groups is 1. The van der Waals surface area contributed by atoms with Gasteiger partial charge in [-0.3, -0.25) is 0 Å². The summed E-state index contributed by atoms with van der Waals surface area (Å²) in [6, 6.07) is 7.53. The summed E-state index contributed by atoms with van der Waals surface area (Å²) in [6.45, 7) is 15.3. The molecule has 0 atom stereocenters. The summed E-state index contributed by atoms with van der Waals surface area (Å²) >= 11 is 1.75. The van der Waals surface area contributed by atoms with Crippen LogP contribution < -0.4 is 0 Å². The van der Waals surface area contributed by atoms with Crippen LogP contribution in [0.25, 0.3) is 0 Å². The van der Waals surface area contributed by atoms with Crippen LogP contribution in [0.15, 0.2) is 46.9 Å². The van der Waals surface area contributed by atoms with Gasteiger partial charge in [0.15, 0.2) is 0 Å². The molecule has 0 bridgehead atoms. The predicted molar refractivity (Wildman–Crippen MR) is 123 cm³/mol. The van der Waals surface area contributed by atoms with Gasteiger partial charge in [0, 0.05) is 43.4 Å². The summed E-state index contributed by atoms with van der Waals surface area (Å²) in [4.78, 5) is 1.34. The second-order valence-corrected chi connectivity index (χ2v) is 8.40. The molecule has 2 rings (SSSR count). The first-order valence-corrected chi connectivity index (χ1v) is 11.2. The molecule has 28 heavy (non-hydrogen) atoms. The van der Waals surface area contributed by atoms with Crippen molar-refractivity contribution in [2.75, 3.05) is 12.4 Å². The molecule has 2 N–H and O–H groups in total. The van der Waals surface area contributed by atoms with Crippen molar-refractivity contribution < 1.29 is 42.9 Å². The topological polar surface area (TPSA) is 40.5 Å². The van der Waals surface area contributed by atoms with Gasteiger partial charge in [0.05, 0.1) is 6.61 Å². The van der Waals surface area contributed by atoms with Gasteiger partial charge < -0.3 is 10.2 Å². The molecule has 1 aliphatic rings. The van der Waals surface area contributed by atoms with Crippen molar-refractivity contribution in [1.29, 1.82) is 0 Å². The fraction of sp³-hybridized carbons (Fsp3) is 0.583. The molecular formula is C24H40O2SY. The van der Waals surface area contributed by atoms with Gasteiger partial charge in [-0.1, -0.05) is 65.8 Å². The molecular weight excluding hydrogens is 441 g/mol. The van der Waals surface area contributed by atoms with Gasteiger partial charge in [-0.05, 0) is 60.8 Å². The Morgan fingerprint density at radius 3 is 2.04 bits per heavy atom. The third-order valence-corrected chi connectivity index (χ3v) is 5.69. The molecule has 1 radical (unpaired) electrons. The third-order valence-electron chi connectivity index (χ3n) is 4.51. The van der Waals surface area contributed by atoms with Crippen molar-refractivity contribution in [1.82, 2.24) is 0 Å². The van der Waals surface area contributed by atoms with Crippen molar-refractivity contribution in [3.05, 3.63) is 52.5 Å². The molecule has 0 aliphatic heterocycles. The number of aliphatic hydroxyl groups is 1. The number of hydrogen-bond acceptors (Lipinski definition) is 3. The summed E-state index contributed by atoms with van der Waals surface area (Å²) in [6.07, 6.45) is 8.06. The second kappa shape index (κ2) is 16.7. The minimum atomic E-state index is 0. The van der Waals surface area contributed by atoms with Gasteiger partial charge in [0.1, 0.15) is 5.75 Å². The van der Waals surface area contributed by atoms with Crippen LogP contribution in [0.1, 0.15) is 79.2 Å². The zero-order chi connectivity index (χ0) is 20.9. The molecule has 0 heterocycles. The van der Waals surface area contributed by atoms with E-state index in [1.807, 2.05) is 26.0 Å². The molecule has 1 aliphatic carbocycles. The molecule has 0 unspecified atom stereocenters. The van der Waals surface area contributed by atoms with Gasteiger partial charge in [-0.2, -0.15) is 0 Å². The summed E-state index contributed by atoms with van der Waals surface area (Å²) in [7, 11) is 0. The molecule has 4 heteroatoms. The SMILES string of the molecule is CC.CC1=CC(C)(C)CC=C1SCCO.CCC(CC)c1ccc(O)cc1.[Y]. The van der Waals surface area contributed by atoms with Crippen LogP contribution in [0, 0.1) is 5.41 Å². The number of rotatable bonds is 6. The van der Waals surface area contributed by atoms with E-state index in [0.29, 0.717) is 17.1 Å². The fourth-order valence-electron chi connectivity index (χ4n) is 3.07. The number of benzene rings is 1. The Balaban J connectivity index is 0. The number of hydrogen-bond donors (Lipinski definition) is 2. The van der Waals surface area contributed by atoms with Crippen molar-refractivity contribution in [2.45, 2.75) is 73.6 Å². The van der Waals surface area contributed by atoms with Crippen molar-refractivity contribution in [3.8, 4) is 5.75 Å². The van der Waals surface area contributed by atoms with Crippen molar-refractivity contribution >= 4 is 11.8 Å². The molecule has 0 fully saturated rings. The van der Waals surface area contributed by atoms with Crippen molar-refractivity contribution in [2.24, 2.45) is 5.41 Å². The van der Waals surface area contributed by atoms with Crippen LogP contribution in [0.4, 0.5) is 0 Å². The monoisotopic (exact) mass is 481 g/mol. The van der Waals surface area contributed by atoms with Gasteiger partial charge in [0.25, 0.3) is 0 Å². The first-order valence-electron chi connectivity index (χ1n) is 10.3. The van der Waals surface area contributed by atoms with Crippen molar-refractivity contribution in [3.63, 3.8) is 0 Å². The molecule has 0 saturated carbocycles. The molecule has 1 aromatic rings. The Hall–Kier alpha value is -0.0861. The Morgan fingerprint density at radius 1 is 1.07 bits per heavy atom. The first kappa shape index (κ1) is 30.1. The van der Waals surface area contributed by atoms with E-state index in [0.717, 1.165) is 12.2 Å². The second-order valence-electron chi connectivity index (χ2n) is 7.27. The predicted octanol–water partition coefficient (Wildman–Crippen LogP) is 7.29. The molecule has 1 aromatic carbocycles. The quantitative estimate of drug-likeness (QED) is 0.448. The van der Waals surface area contributed by atoms with Crippen LogP contribution >= 0.6 is 11.8 Å². The number of phenols is 1. The van der Waals surface area contributed by atoms with E-state index in [1.165, 1.54) is 28.9 Å². The summed E-state index contributed by atoms with van der Waals surface area (Å²) in [5.74, 6) is 1.80. The molecule has 0 amide bonds. The minimum absolute atomic E-state index is 0. The fourth-order valence-corrected chi connectivity index (χ4v) is 3.87. The van der Waals surface area contributed by atoms with Crippen LogP contribution in [0.3, 0.4) is 0 Å². The minimum Gasteiger partial charge on any atom is -0.508 e. The molecule has 2 nitrogen and oxygen atoms in total. The zero-order valence-electron chi connectivity index (χ0n) is 19.0. The first-order chi connectivity index (χ1) is 12.8. The number of aliphatic hydroxyl groups excluding tert-OH is 1. The van der Waals surface area contributed by atoms with E-state index in [9.17, 15) is 0 Å². The Labute approximate surface area is 203 Å². The van der Waals surface area contributed by atoms with E-state index in [2.05, 4.69) is 46.8 Å². The molecule has 0 spiro atoms. The Bertz CT molecular complexity index is 573. The van der Waals surface area contributed by atoms with Gasteiger partial charge in [0.2, 0.25) is 0 Å². The van der Waals surface area contributed by atoms with E-state index in [1.54, 1.807) is 23.9 Å². The maximum absolute atomic E-state index is 9.08. The summed E-state index contributed by atoms with van der Waals surface area (Å²) < 4.78 is 0. The maximum Gasteiger partial charge on any atom is 0.115 e. The molecule has 0 saturated heterocycles. The normalized spacial score (nSPS) is 14.5. The average Bonchev–Trinajstić information content (AvgIpc) is 2.65. The van der Waals surface area contributed by atoms with E-state index < -0.39 is 0 Å². The number of phenolic OH excluding ortho intramolecular Hbond substituents is 1. The Kier molecular flexibility index (Phi) is 17.9. The van der Waals surface area contributed by atoms with Crippen LogP contribution in [0.5, 0.6) is 5.75 Å². The number of allylic oxidation sites excluding steroid dienone is 3. The maximum atomic E-state index is 9.08. The summed E-state index contributed by atoms with van der Waals surface area (Å²) in [5, 5.41) is 17.8. The molecule has 157 valence electrons. The smallest absolute Gasteiger partial charge is 0.115 e. The third kappa shape index (κ3) is 11.8. The van der Waals surface area contributed by atoms with Crippen LogP contribution in [-0.4, -0.2) is 22.6 Å². The van der Waals surface area contributed by atoms with Gasteiger partial charge in [-0.25, -0.2) is 0 Å². The molecule has 0 aromatic heterocycles. The Morgan fingerprint density at radius 2 is 1.61 bits per heavy atom. The zero-order valence-corrected chi connectivity index (χ0v) is 22.6. The van der Waals surface area contributed by atoms with Crippen LogP contribution in [-0.2, 0) is 32.7 Å². The van der Waals surface area contributed by atoms with Gasteiger partial charge in [-0.15, -0.1) is 11.8 Å². The van der Waals surface area contributed by atoms with Gasteiger partial charge >= 0.3 is 0 Å².